The molecule has 1 aromatic rings. The Morgan fingerprint density at radius 2 is 2.18 bits per heavy atom. The molecule has 4 nitrogen and oxygen atoms in total. The molecule has 1 aliphatic heterocycles. The van der Waals surface area contributed by atoms with Crippen molar-refractivity contribution >= 4 is 17.6 Å². The molecule has 1 aliphatic rings. The minimum absolute atomic E-state index is 0.857. The average molecular weight is 252 g/mol. The van der Waals surface area contributed by atoms with Gasteiger partial charge in [-0.2, -0.15) is 11.8 Å². The van der Waals surface area contributed by atoms with E-state index in [4.69, 9.17) is 0 Å². The molecule has 1 N–H and O–H groups in total. The first-order chi connectivity index (χ1) is 8.31. The van der Waals surface area contributed by atoms with Crippen molar-refractivity contribution in [2.24, 2.45) is 0 Å². The van der Waals surface area contributed by atoms with Gasteiger partial charge in [0, 0.05) is 42.9 Å². The lowest BCUT2D eigenvalue weighted by Crippen LogP contribution is -2.34. The van der Waals surface area contributed by atoms with Crippen LogP contribution in [0.5, 0.6) is 0 Å². The monoisotopic (exact) mass is 252 g/mol. The maximum atomic E-state index is 4.62. The van der Waals surface area contributed by atoms with E-state index in [1.54, 1.807) is 0 Å². The fourth-order valence-corrected chi connectivity index (χ4v) is 2.82. The van der Waals surface area contributed by atoms with E-state index in [0.717, 1.165) is 37.8 Å². The third-order valence-corrected chi connectivity index (χ3v) is 3.78. The highest BCUT2D eigenvalue weighted by atomic mass is 32.2. The van der Waals surface area contributed by atoms with Gasteiger partial charge in [0.1, 0.15) is 11.6 Å². The molecule has 0 radical (unpaired) electrons. The summed E-state index contributed by atoms with van der Waals surface area (Å²) in [5, 5.41) is 3.35. The molecule has 5 heteroatoms. The van der Waals surface area contributed by atoms with Gasteiger partial charge in [0.15, 0.2) is 0 Å². The van der Waals surface area contributed by atoms with Gasteiger partial charge in [0.05, 0.1) is 0 Å². The molecular formula is C12H20N4S. The van der Waals surface area contributed by atoms with Gasteiger partial charge in [-0.3, -0.25) is 0 Å². The third-order valence-electron chi connectivity index (χ3n) is 2.84. The SMILES string of the molecule is CCNCc1cnc(C)nc1N1CCSCC1. The highest BCUT2D eigenvalue weighted by Crippen LogP contribution is 2.21. The highest BCUT2D eigenvalue weighted by Gasteiger charge is 2.16. The Bertz CT molecular complexity index is 364. The fraction of sp³-hybridized carbons (Fsp3) is 0.667. The average Bonchev–Trinajstić information content (AvgIpc) is 2.38. The van der Waals surface area contributed by atoms with Crippen LogP contribution < -0.4 is 10.2 Å². The van der Waals surface area contributed by atoms with Crippen LogP contribution in [0.15, 0.2) is 6.20 Å². The maximum Gasteiger partial charge on any atom is 0.136 e. The van der Waals surface area contributed by atoms with Gasteiger partial charge in [-0.15, -0.1) is 0 Å². The number of aryl methyl sites for hydroxylation is 1. The fourth-order valence-electron chi connectivity index (χ4n) is 1.92. The molecule has 0 aliphatic carbocycles. The summed E-state index contributed by atoms with van der Waals surface area (Å²) in [4.78, 5) is 11.3. The number of anilines is 1. The van der Waals surface area contributed by atoms with Crippen LogP contribution in [0.1, 0.15) is 18.3 Å². The van der Waals surface area contributed by atoms with Gasteiger partial charge in [-0.25, -0.2) is 9.97 Å². The topological polar surface area (TPSA) is 41.1 Å². The summed E-state index contributed by atoms with van der Waals surface area (Å²) in [7, 11) is 0. The summed E-state index contributed by atoms with van der Waals surface area (Å²) in [5.74, 6) is 4.38. The van der Waals surface area contributed by atoms with Crippen molar-refractivity contribution in [3.63, 3.8) is 0 Å². The van der Waals surface area contributed by atoms with E-state index in [-0.39, 0.29) is 0 Å². The molecule has 1 fully saturated rings. The van der Waals surface area contributed by atoms with Crippen LogP contribution in [-0.2, 0) is 6.54 Å². The number of thioether (sulfide) groups is 1. The van der Waals surface area contributed by atoms with E-state index in [1.165, 1.54) is 17.1 Å². The number of rotatable bonds is 4. The predicted molar refractivity (Wildman–Crippen MR) is 73.7 cm³/mol. The molecule has 0 unspecified atom stereocenters. The number of hydrogen-bond donors (Lipinski definition) is 1. The van der Waals surface area contributed by atoms with Crippen LogP contribution in [0, 0.1) is 6.92 Å². The number of nitrogens with zero attached hydrogens (tertiary/aromatic N) is 3. The molecule has 0 amide bonds. The van der Waals surface area contributed by atoms with Crippen LogP contribution >= 0.6 is 11.8 Å². The van der Waals surface area contributed by atoms with E-state index in [2.05, 4.69) is 27.1 Å². The zero-order chi connectivity index (χ0) is 12.1. The summed E-state index contributed by atoms with van der Waals surface area (Å²) in [6, 6.07) is 0. The summed E-state index contributed by atoms with van der Waals surface area (Å²) < 4.78 is 0. The first kappa shape index (κ1) is 12.6. The molecule has 0 saturated carbocycles. The van der Waals surface area contributed by atoms with Crippen LogP contribution in [-0.4, -0.2) is 41.1 Å². The summed E-state index contributed by atoms with van der Waals surface area (Å²) >= 11 is 2.02. The molecular weight excluding hydrogens is 232 g/mol. The van der Waals surface area contributed by atoms with Crippen molar-refractivity contribution in [2.75, 3.05) is 36.0 Å². The van der Waals surface area contributed by atoms with Gasteiger partial charge in [0.2, 0.25) is 0 Å². The van der Waals surface area contributed by atoms with Crippen LogP contribution in [0.3, 0.4) is 0 Å². The second kappa shape index (κ2) is 6.21. The van der Waals surface area contributed by atoms with Gasteiger partial charge in [-0.05, 0) is 13.5 Å². The zero-order valence-corrected chi connectivity index (χ0v) is 11.4. The van der Waals surface area contributed by atoms with Crippen molar-refractivity contribution in [1.29, 1.82) is 0 Å². The van der Waals surface area contributed by atoms with Gasteiger partial charge in [-0.1, -0.05) is 6.92 Å². The van der Waals surface area contributed by atoms with Gasteiger partial charge in [0.25, 0.3) is 0 Å². The lowest BCUT2D eigenvalue weighted by atomic mass is 10.2. The summed E-state index contributed by atoms with van der Waals surface area (Å²) in [6.07, 6.45) is 1.96. The highest BCUT2D eigenvalue weighted by molar-refractivity contribution is 7.99. The van der Waals surface area contributed by atoms with Crippen molar-refractivity contribution in [1.82, 2.24) is 15.3 Å². The van der Waals surface area contributed by atoms with Gasteiger partial charge >= 0.3 is 0 Å². The third kappa shape index (κ3) is 3.33. The predicted octanol–water partition coefficient (Wildman–Crippen LogP) is 1.45. The Hall–Kier alpha value is -0.810. The van der Waals surface area contributed by atoms with Crippen molar-refractivity contribution in [3.8, 4) is 0 Å². The normalized spacial score (nSPS) is 16.2. The number of nitrogens with one attached hydrogen (secondary N) is 1. The van der Waals surface area contributed by atoms with E-state index >= 15 is 0 Å². The van der Waals surface area contributed by atoms with Crippen LogP contribution in [0.25, 0.3) is 0 Å². The molecule has 0 bridgehead atoms. The smallest absolute Gasteiger partial charge is 0.136 e. The largest absolute Gasteiger partial charge is 0.355 e. The maximum absolute atomic E-state index is 4.62. The lowest BCUT2D eigenvalue weighted by molar-refractivity contribution is 0.710. The van der Waals surface area contributed by atoms with Crippen LogP contribution in [0.2, 0.25) is 0 Å². The number of aromatic nitrogens is 2. The quantitative estimate of drug-likeness (QED) is 0.878. The molecule has 0 spiro atoms. The van der Waals surface area contributed by atoms with E-state index in [1.807, 2.05) is 24.9 Å². The van der Waals surface area contributed by atoms with Crippen LogP contribution in [0.4, 0.5) is 5.82 Å². The number of hydrogen-bond acceptors (Lipinski definition) is 5. The standard InChI is InChI=1S/C12H20N4S/c1-3-13-8-11-9-14-10(2)15-12(11)16-4-6-17-7-5-16/h9,13H,3-8H2,1-2H3. The Labute approximate surface area is 107 Å². The second-order valence-electron chi connectivity index (χ2n) is 4.15. The molecule has 1 aromatic heterocycles. The minimum Gasteiger partial charge on any atom is -0.355 e. The van der Waals surface area contributed by atoms with Crippen molar-refractivity contribution in [2.45, 2.75) is 20.4 Å². The Morgan fingerprint density at radius 1 is 1.41 bits per heavy atom. The first-order valence-corrected chi connectivity index (χ1v) is 7.32. The molecule has 0 atom stereocenters. The summed E-state index contributed by atoms with van der Waals surface area (Å²) in [5.41, 5.74) is 1.21. The molecule has 94 valence electrons. The molecule has 2 heterocycles. The van der Waals surface area contributed by atoms with Crippen molar-refractivity contribution in [3.05, 3.63) is 17.6 Å². The minimum atomic E-state index is 0.857. The first-order valence-electron chi connectivity index (χ1n) is 6.17. The Balaban J connectivity index is 2.19. The Kier molecular flexibility index (Phi) is 4.62. The second-order valence-corrected chi connectivity index (χ2v) is 5.37. The molecule has 17 heavy (non-hydrogen) atoms. The van der Waals surface area contributed by atoms with Crippen molar-refractivity contribution < 1.29 is 0 Å². The van der Waals surface area contributed by atoms with E-state index < -0.39 is 0 Å². The summed E-state index contributed by atoms with van der Waals surface area (Å²) in [6.45, 7) is 8.10. The molecule has 1 saturated heterocycles. The van der Waals surface area contributed by atoms with E-state index in [9.17, 15) is 0 Å². The molecule has 0 aromatic carbocycles. The molecule has 2 rings (SSSR count). The Morgan fingerprint density at radius 3 is 2.88 bits per heavy atom. The van der Waals surface area contributed by atoms with Gasteiger partial charge < -0.3 is 10.2 Å². The zero-order valence-electron chi connectivity index (χ0n) is 10.6. The van der Waals surface area contributed by atoms with E-state index in [0.29, 0.717) is 0 Å². The lowest BCUT2D eigenvalue weighted by Gasteiger charge is -2.29.